The Kier molecular flexibility index (Phi) is 5.34. The van der Waals surface area contributed by atoms with E-state index >= 15 is 0 Å². The van der Waals surface area contributed by atoms with Gasteiger partial charge in [0.25, 0.3) is 5.56 Å². The van der Waals surface area contributed by atoms with Crippen LogP contribution >= 0.6 is 23.2 Å². The number of para-hydroxylation sites is 2. The molecule has 0 bridgehead atoms. The molecule has 4 unspecified atom stereocenters. The summed E-state index contributed by atoms with van der Waals surface area (Å²) >= 11 is 12.8. The highest BCUT2D eigenvalue weighted by Crippen LogP contribution is 2.56. The van der Waals surface area contributed by atoms with E-state index in [0.717, 1.165) is 5.56 Å². The molecule has 196 valence electrons. The van der Waals surface area contributed by atoms with E-state index in [9.17, 15) is 14.4 Å². The van der Waals surface area contributed by atoms with Crippen LogP contribution in [-0.2, 0) is 15.1 Å². The molecule has 3 aliphatic heterocycles. The fraction of sp³-hybridized carbons (Fsp3) is 0.267. The zero-order valence-electron chi connectivity index (χ0n) is 21.2. The van der Waals surface area contributed by atoms with Crippen LogP contribution in [0.15, 0.2) is 71.5 Å². The first-order chi connectivity index (χ1) is 18.8. The van der Waals surface area contributed by atoms with E-state index in [4.69, 9.17) is 28.2 Å². The standard InChI is InChI=1S/C30H24Cl2N4O3/c1-15(2)14-20-23-24(28(39)35(27(23)38)22-13-7-10-18(31)25(22)32)30(34-20)17-9-4-6-12-21(17)36-26(37)16-8-3-5-11-19(16)33-29(30)36/h3-13,15,20,23-24,34H,14H2,1-2H3. The van der Waals surface area contributed by atoms with Gasteiger partial charge < -0.3 is 0 Å². The lowest BCUT2D eigenvalue weighted by Crippen LogP contribution is -2.50. The molecular weight excluding hydrogens is 535 g/mol. The van der Waals surface area contributed by atoms with Gasteiger partial charge in [0.05, 0.1) is 44.2 Å². The smallest absolute Gasteiger partial charge is 0.266 e. The Morgan fingerprint density at radius 3 is 2.44 bits per heavy atom. The number of hydrogen-bond donors (Lipinski definition) is 1. The maximum absolute atomic E-state index is 14.5. The number of halogens is 2. The number of rotatable bonds is 3. The van der Waals surface area contributed by atoms with E-state index in [0.29, 0.717) is 28.8 Å². The number of anilines is 1. The van der Waals surface area contributed by atoms with E-state index < -0.39 is 23.3 Å². The van der Waals surface area contributed by atoms with Crippen molar-refractivity contribution in [3.63, 3.8) is 0 Å². The van der Waals surface area contributed by atoms with Gasteiger partial charge in [-0.05, 0) is 42.7 Å². The Hall–Kier alpha value is -3.52. The topological polar surface area (TPSA) is 84.3 Å². The molecule has 4 heterocycles. The number of amides is 2. The Morgan fingerprint density at radius 2 is 1.64 bits per heavy atom. The molecule has 1 aromatic heterocycles. The molecule has 2 fully saturated rings. The minimum atomic E-state index is -1.18. The van der Waals surface area contributed by atoms with Crippen LogP contribution in [0.4, 0.5) is 5.69 Å². The number of fused-ring (bicyclic) bond motifs is 8. The van der Waals surface area contributed by atoms with Crippen molar-refractivity contribution < 1.29 is 9.59 Å². The number of aromatic nitrogens is 2. The van der Waals surface area contributed by atoms with E-state index in [1.807, 2.05) is 36.4 Å². The first-order valence-corrected chi connectivity index (χ1v) is 13.7. The second-order valence-electron chi connectivity index (χ2n) is 10.9. The van der Waals surface area contributed by atoms with Crippen LogP contribution in [0, 0.1) is 17.8 Å². The van der Waals surface area contributed by atoms with Crippen LogP contribution in [0.5, 0.6) is 0 Å². The summed E-state index contributed by atoms with van der Waals surface area (Å²) in [6.45, 7) is 4.17. The zero-order chi connectivity index (χ0) is 27.2. The van der Waals surface area contributed by atoms with E-state index in [1.165, 1.54) is 4.90 Å². The van der Waals surface area contributed by atoms with Gasteiger partial charge in [-0.25, -0.2) is 9.88 Å². The minimum absolute atomic E-state index is 0.149. The highest BCUT2D eigenvalue weighted by Gasteiger charge is 2.69. The molecule has 7 rings (SSSR count). The van der Waals surface area contributed by atoms with Gasteiger partial charge in [-0.3, -0.25) is 24.3 Å². The maximum Gasteiger partial charge on any atom is 0.266 e. The lowest BCUT2D eigenvalue weighted by Gasteiger charge is -2.32. The number of imide groups is 1. The fourth-order valence-corrected chi connectivity index (χ4v) is 7.21. The summed E-state index contributed by atoms with van der Waals surface area (Å²) in [4.78, 5) is 48.7. The van der Waals surface area contributed by atoms with E-state index in [1.54, 1.807) is 34.9 Å². The van der Waals surface area contributed by atoms with E-state index in [-0.39, 0.29) is 39.2 Å². The molecular formula is C30H24Cl2N4O3. The number of benzene rings is 3. The predicted octanol–water partition coefficient (Wildman–Crippen LogP) is 5.07. The number of hydrogen-bond acceptors (Lipinski definition) is 5. The molecule has 9 heteroatoms. The summed E-state index contributed by atoms with van der Waals surface area (Å²) < 4.78 is 1.60. The lowest BCUT2D eigenvalue weighted by molar-refractivity contribution is -0.123. The number of nitrogens with zero attached hydrogens (tertiary/aromatic N) is 3. The van der Waals surface area contributed by atoms with Crippen LogP contribution in [0.1, 0.15) is 31.7 Å². The lowest BCUT2D eigenvalue weighted by atomic mass is 9.75. The number of carbonyl (C=O) groups excluding carboxylic acids is 2. The zero-order valence-corrected chi connectivity index (χ0v) is 22.7. The van der Waals surface area contributed by atoms with Gasteiger partial charge in [0, 0.05) is 11.6 Å². The van der Waals surface area contributed by atoms with Crippen LogP contribution in [0.2, 0.25) is 10.0 Å². The van der Waals surface area contributed by atoms with Crippen LogP contribution < -0.4 is 15.8 Å². The quantitative estimate of drug-likeness (QED) is 0.355. The molecule has 0 radical (unpaired) electrons. The molecule has 1 N–H and O–H groups in total. The SMILES string of the molecule is CC(C)CC1NC2(c3ccccc3-n3c2nc2ccccc2c3=O)C2C(=O)N(c3cccc(Cl)c3Cl)C(=O)C12. The van der Waals surface area contributed by atoms with Gasteiger partial charge in [0.15, 0.2) is 0 Å². The number of carbonyl (C=O) groups is 2. The van der Waals surface area contributed by atoms with E-state index in [2.05, 4.69) is 19.2 Å². The molecule has 1 spiro atoms. The van der Waals surface area contributed by atoms with Crippen molar-refractivity contribution in [2.75, 3.05) is 4.90 Å². The van der Waals surface area contributed by atoms with Crippen molar-refractivity contribution in [3.8, 4) is 5.69 Å². The Labute approximate surface area is 234 Å². The summed E-state index contributed by atoms with van der Waals surface area (Å²) in [6.07, 6.45) is 0.652. The number of nitrogens with one attached hydrogen (secondary N) is 1. The third-order valence-electron chi connectivity index (χ3n) is 8.26. The van der Waals surface area contributed by atoms with Crippen molar-refractivity contribution in [2.45, 2.75) is 31.8 Å². The van der Waals surface area contributed by atoms with Gasteiger partial charge >= 0.3 is 0 Å². The molecule has 0 saturated carbocycles. The average Bonchev–Trinajstić information content (AvgIpc) is 3.49. The predicted molar refractivity (Wildman–Crippen MR) is 150 cm³/mol. The van der Waals surface area contributed by atoms with Crippen LogP contribution in [0.3, 0.4) is 0 Å². The normalized spacial score (nSPS) is 25.2. The van der Waals surface area contributed by atoms with Crippen molar-refractivity contribution in [3.05, 3.63) is 98.5 Å². The van der Waals surface area contributed by atoms with Crippen LogP contribution in [0.25, 0.3) is 16.6 Å². The Morgan fingerprint density at radius 1 is 0.923 bits per heavy atom. The summed E-state index contributed by atoms with van der Waals surface area (Å²) in [6, 6.07) is 19.3. The molecule has 3 aromatic carbocycles. The summed E-state index contributed by atoms with van der Waals surface area (Å²) in [7, 11) is 0. The first kappa shape index (κ1) is 24.5. The monoisotopic (exact) mass is 558 g/mol. The molecule has 3 aliphatic rings. The highest BCUT2D eigenvalue weighted by molar-refractivity contribution is 6.45. The second kappa shape index (κ2) is 8.49. The molecule has 39 heavy (non-hydrogen) atoms. The average molecular weight is 559 g/mol. The van der Waals surface area contributed by atoms with Crippen molar-refractivity contribution in [1.29, 1.82) is 0 Å². The molecule has 4 aromatic rings. The molecule has 0 aliphatic carbocycles. The Bertz CT molecular complexity index is 1780. The maximum atomic E-state index is 14.5. The molecule has 4 atom stereocenters. The first-order valence-electron chi connectivity index (χ1n) is 13.0. The second-order valence-corrected chi connectivity index (χ2v) is 11.7. The third-order valence-corrected chi connectivity index (χ3v) is 9.07. The minimum Gasteiger partial charge on any atom is -0.297 e. The van der Waals surface area contributed by atoms with Gasteiger partial charge in [-0.2, -0.15) is 0 Å². The Balaban J connectivity index is 1.53. The molecule has 2 saturated heterocycles. The van der Waals surface area contributed by atoms with Gasteiger partial charge in [0.2, 0.25) is 11.8 Å². The van der Waals surface area contributed by atoms with Crippen LogP contribution in [-0.4, -0.2) is 27.4 Å². The third kappa shape index (κ3) is 3.15. The van der Waals surface area contributed by atoms with Gasteiger partial charge in [0.1, 0.15) is 11.4 Å². The molecule has 2 amide bonds. The van der Waals surface area contributed by atoms with Crippen molar-refractivity contribution in [2.24, 2.45) is 17.8 Å². The van der Waals surface area contributed by atoms with Gasteiger partial charge in [-0.15, -0.1) is 0 Å². The van der Waals surface area contributed by atoms with Gasteiger partial charge in [-0.1, -0.05) is 73.4 Å². The summed E-state index contributed by atoms with van der Waals surface area (Å²) in [5.74, 6) is -1.58. The largest absolute Gasteiger partial charge is 0.297 e. The van der Waals surface area contributed by atoms with Crippen molar-refractivity contribution >= 4 is 51.6 Å². The summed E-state index contributed by atoms with van der Waals surface area (Å²) in [5, 5.41) is 4.61. The van der Waals surface area contributed by atoms with Crippen molar-refractivity contribution in [1.82, 2.24) is 14.9 Å². The fourth-order valence-electron chi connectivity index (χ4n) is 6.83. The molecule has 7 nitrogen and oxygen atoms in total. The summed E-state index contributed by atoms with van der Waals surface area (Å²) in [5.41, 5.74) is 0.826. The highest BCUT2D eigenvalue weighted by atomic mass is 35.5.